The molecule has 1 heterocycles. The summed E-state index contributed by atoms with van der Waals surface area (Å²) in [5.74, 6) is -1.98. The Morgan fingerprint density at radius 2 is 1.88 bits per heavy atom. The van der Waals surface area contributed by atoms with Crippen molar-refractivity contribution in [1.82, 2.24) is 0 Å². The average molecular weight is 455 g/mol. The molecule has 0 aromatic carbocycles. The third-order valence-electron chi connectivity index (χ3n) is 6.82. The number of unbranched alkanes of at least 4 members (excludes halogenated alkanes) is 1. The van der Waals surface area contributed by atoms with Crippen LogP contribution in [0.3, 0.4) is 0 Å². The maximum absolute atomic E-state index is 14.5. The van der Waals surface area contributed by atoms with Gasteiger partial charge in [-0.25, -0.2) is 9.18 Å². The van der Waals surface area contributed by atoms with Gasteiger partial charge < -0.3 is 19.7 Å². The lowest BCUT2D eigenvalue weighted by Crippen LogP contribution is -2.52. The highest BCUT2D eigenvalue weighted by Gasteiger charge is 2.52. The highest BCUT2D eigenvalue weighted by atomic mass is 19.1. The lowest BCUT2D eigenvalue weighted by molar-refractivity contribution is -0.182. The van der Waals surface area contributed by atoms with Gasteiger partial charge in [0.05, 0.1) is 12.5 Å². The molecule has 2 fully saturated rings. The molecule has 5 nitrogen and oxygen atoms in total. The molecule has 2 rings (SSSR count). The topological polar surface area (TPSA) is 76.0 Å². The van der Waals surface area contributed by atoms with E-state index in [2.05, 4.69) is 0 Å². The van der Waals surface area contributed by atoms with E-state index in [0.717, 1.165) is 44.9 Å². The number of hydrogen-bond donors (Lipinski definition) is 2. The standard InChI is InChI=1S/C26H43FO5/c1-3-5-7-15-22(26(30,25(28)29)20-12-8-9-13-20)23(18-17-21(27)14-6-4-2)32-24-16-10-11-19-31-24/h5,7,18,20-22,24,30H,3-4,6,8-17,19H2,1-2H3,(H,28,29)/t21?,22-,24?,26+/m0/s1. The number of hydrogen-bond acceptors (Lipinski definition) is 4. The van der Waals surface area contributed by atoms with Gasteiger partial charge in [-0.1, -0.05) is 51.7 Å². The molecule has 32 heavy (non-hydrogen) atoms. The molecule has 0 aromatic heterocycles. The second-order valence-electron chi connectivity index (χ2n) is 9.28. The Hall–Kier alpha value is -1.40. The van der Waals surface area contributed by atoms with Crippen molar-refractivity contribution in [3.05, 3.63) is 24.0 Å². The van der Waals surface area contributed by atoms with Crippen molar-refractivity contribution >= 4 is 5.97 Å². The van der Waals surface area contributed by atoms with Gasteiger partial charge in [0, 0.05) is 12.8 Å². The van der Waals surface area contributed by atoms with E-state index < -0.39 is 29.9 Å². The first-order valence-electron chi connectivity index (χ1n) is 12.7. The molecular formula is C26H43FO5. The number of halogens is 1. The zero-order valence-corrected chi connectivity index (χ0v) is 19.9. The van der Waals surface area contributed by atoms with Crippen LogP contribution in [0.25, 0.3) is 0 Å². The average Bonchev–Trinajstić information content (AvgIpc) is 3.34. The third-order valence-corrected chi connectivity index (χ3v) is 6.82. The molecule has 0 bridgehead atoms. The van der Waals surface area contributed by atoms with Crippen molar-refractivity contribution < 1.29 is 28.9 Å². The predicted octanol–water partition coefficient (Wildman–Crippen LogP) is 6.31. The number of aliphatic hydroxyl groups is 1. The zero-order chi connectivity index (χ0) is 23.4. The minimum atomic E-state index is -1.95. The summed E-state index contributed by atoms with van der Waals surface area (Å²) in [6, 6.07) is 0. The highest BCUT2D eigenvalue weighted by Crippen LogP contribution is 2.44. The van der Waals surface area contributed by atoms with Crippen LogP contribution < -0.4 is 0 Å². The SMILES string of the molecule is CCC=CC[C@@H](C(=CCC(F)CCCC)OC1CCCCO1)[C@@](O)(C(=O)O)C1CCCC1. The Morgan fingerprint density at radius 3 is 2.47 bits per heavy atom. The summed E-state index contributed by atoms with van der Waals surface area (Å²) < 4.78 is 26.5. The normalized spacial score (nSPS) is 24.4. The summed E-state index contributed by atoms with van der Waals surface area (Å²) in [5.41, 5.74) is -1.95. The van der Waals surface area contributed by atoms with Crippen LogP contribution in [0.1, 0.15) is 97.3 Å². The predicted molar refractivity (Wildman–Crippen MR) is 124 cm³/mol. The van der Waals surface area contributed by atoms with Gasteiger partial charge in [0.15, 0.2) is 11.9 Å². The molecule has 1 saturated carbocycles. The van der Waals surface area contributed by atoms with Crippen LogP contribution in [0.2, 0.25) is 0 Å². The third kappa shape index (κ3) is 7.58. The summed E-state index contributed by atoms with van der Waals surface area (Å²) in [7, 11) is 0. The number of ether oxygens (including phenoxy) is 2. The quantitative estimate of drug-likeness (QED) is 0.238. The highest BCUT2D eigenvalue weighted by molar-refractivity contribution is 5.78. The van der Waals surface area contributed by atoms with Crippen LogP contribution in [0.15, 0.2) is 24.0 Å². The minimum absolute atomic E-state index is 0.149. The van der Waals surface area contributed by atoms with Crippen molar-refractivity contribution in [3.63, 3.8) is 0 Å². The molecule has 0 aromatic rings. The van der Waals surface area contributed by atoms with Gasteiger partial charge in [-0.2, -0.15) is 0 Å². The number of allylic oxidation sites excluding steroid dienone is 3. The molecule has 0 radical (unpaired) electrons. The molecule has 2 aliphatic rings. The summed E-state index contributed by atoms with van der Waals surface area (Å²) >= 11 is 0. The van der Waals surface area contributed by atoms with E-state index in [4.69, 9.17) is 9.47 Å². The van der Waals surface area contributed by atoms with Crippen molar-refractivity contribution in [2.24, 2.45) is 11.8 Å². The molecular weight excluding hydrogens is 411 g/mol. The Balaban J connectivity index is 2.38. The molecule has 1 aliphatic heterocycles. The van der Waals surface area contributed by atoms with Crippen LogP contribution in [0, 0.1) is 11.8 Å². The van der Waals surface area contributed by atoms with Gasteiger partial charge in [-0.05, 0) is 56.9 Å². The molecule has 1 aliphatic carbocycles. The molecule has 6 heteroatoms. The molecule has 0 amide bonds. The second-order valence-corrected chi connectivity index (χ2v) is 9.28. The summed E-state index contributed by atoms with van der Waals surface area (Å²) in [4.78, 5) is 12.5. The maximum Gasteiger partial charge on any atom is 0.336 e. The van der Waals surface area contributed by atoms with Gasteiger partial charge >= 0.3 is 5.97 Å². The first-order valence-corrected chi connectivity index (χ1v) is 12.7. The van der Waals surface area contributed by atoms with E-state index in [-0.39, 0.29) is 12.3 Å². The fourth-order valence-corrected chi connectivity index (χ4v) is 4.90. The number of carboxylic acid groups (broad SMARTS) is 1. The van der Waals surface area contributed by atoms with Crippen molar-refractivity contribution in [2.45, 2.75) is 115 Å². The molecule has 2 N–H and O–H groups in total. The van der Waals surface area contributed by atoms with Gasteiger partial charge in [0.1, 0.15) is 11.9 Å². The van der Waals surface area contributed by atoms with E-state index in [1.807, 2.05) is 26.0 Å². The minimum Gasteiger partial charge on any atom is -0.479 e. The molecule has 4 atom stereocenters. The number of aliphatic carboxylic acids is 1. The number of carbonyl (C=O) groups is 1. The summed E-state index contributed by atoms with van der Waals surface area (Å²) in [5, 5.41) is 21.9. The van der Waals surface area contributed by atoms with Crippen molar-refractivity contribution in [1.29, 1.82) is 0 Å². The molecule has 1 saturated heterocycles. The first kappa shape index (κ1) is 26.8. The van der Waals surface area contributed by atoms with Crippen LogP contribution in [0.5, 0.6) is 0 Å². The van der Waals surface area contributed by atoms with Crippen molar-refractivity contribution in [2.75, 3.05) is 6.61 Å². The lowest BCUT2D eigenvalue weighted by Gasteiger charge is -2.39. The summed E-state index contributed by atoms with van der Waals surface area (Å²) in [6.45, 7) is 4.63. The van der Waals surface area contributed by atoms with Crippen molar-refractivity contribution in [3.8, 4) is 0 Å². The largest absolute Gasteiger partial charge is 0.479 e. The second kappa shape index (κ2) is 14.0. The number of rotatable bonds is 14. The van der Waals surface area contributed by atoms with E-state index in [9.17, 15) is 19.4 Å². The Labute approximate surface area is 193 Å². The van der Waals surface area contributed by atoms with Crippen LogP contribution in [0.4, 0.5) is 4.39 Å². The molecule has 184 valence electrons. The number of alkyl halides is 1. The fourth-order valence-electron chi connectivity index (χ4n) is 4.90. The van der Waals surface area contributed by atoms with E-state index >= 15 is 0 Å². The smallest absolute Gasteiger partial charge is 0.336 e. The van der Waals surface area contributed by atoms with Gasteiger partial charge in [0.25, 0.3) is 0 Å². The fraction of sp³-hybridized carbons (Fsp3) is 0.808. The van der Waals surface area contributed by atoms with E-state index in [1.165, 1.54) is 0 Å². The maximum atomic E-state index is 14.5. The van der Waals surface area contributed by atoms with Gasteiger partial charge in [-0.15, -0.1) is 0 Å². The first-order chi connectivity index (χ1) is 15.4. The van der Waals surface area contributed by atoms with Gasteiger partial charge in [0.2, 0.25) is 0 Å². The van der Waals surface area contributed by atoms with Crippen LogP contribution in [-0.4, -0.2) is 40.9 Å². The Morgan fingerprint density at radius 1 is 1.16 bits per heavy atom. The van der Waals surface area contributed by atoms with Gasteiger partial charge in [-0.3, -0.25) is 0 Å². The van der Waals surface area contributed by atoms with Crippen LogP contribution >= 0.6 is 0 Å². The zero-order valence-electron chi connectivity index (χ0n) is 19.9. The van der Waals surface area contributed by atoms with E-state index in [0.29, 0.717) is 44.5 Å². The van der Waals surface area contributed by atoms with Crippen LogP contribution in [-0.2, 0) is 14.3 Å². The van der Waals surface area contributed by atoms with E-state index in [1.54, 1.807) is 6.08 Å². The summed E-state index contributed by atoms with van der Waals surface area (Å²) in [6.07, 6.45) is 13.4. The monoisotopic (exact) mass is 454 g/mol. The Kier molecular flexibility index (Phi) is 11.7. The molecule has 0 spiro atoms. The molecule has 2 unspecified atom stereocenters. The number of carboxylic acids is 1. The Bertz CT molecular complexity index is 607. The lowest BCUT2D eigenvalue weighted by atomic mass is 9.73.